The lowest BCUT2D eigenvalue weighted by Gasteiger charge is -2.41. The number of carboxylic acid groups (broad SMARTS) is 1. The van der Waals surface area contributed by atoms with Crippen molar-refractivity contribution >= 4 is 35.3 Å². The van der Waals surface area contributed by atoms with E-state index in [2.05, 4.69) is 0 Å². The van der Waals surface area contributed by atoms with Crippen molar-refractivity contribution in [3.63, 3.8) is 0 Å². The maximum absolute atomic E-state index is 13.9. The van der Waals surface area contributed by atoms with Crippen molar-refractivity contribution in [3.8, 4) is 5.75 Å². The van der Waals surface area contributed by atoms with Crippen molar-refractivity contribution in [2.75, 3.05) is 18.6 Å². The summed E-state index contributed by atoms with van der Waals surface area (Å²) in [5.74, 6) is -1.02. The fourth-order valence-corrected chi connectivity index (χ4v) is 5.56. The first-order valence-electron chi connectivity index (χ1n) is 11.7. The van der Waals surface area contributed by atoms with Crippen molar-refractivity contribution < 1.29 is 29.0 Å². The molecule has 0 radical (unpaired) electrons. The van der Waals surface area contributed by atoms with Crippen molar-refractivity contribution in [2.45, 2.75) is 68.6 Å². The molecule has 188 valence electrons. The van der Waals surface area contributed by atoms with Gasteiger partial charge in [0.05, 0.1) is 23.1 Å². The average molecular weight is 500 g/mol. The summed E-state index contributed by atoms with van der Waals surface area (Å²) in [7, 11) is 1.63. The zero-order valence-corrected chi connectivity index (χ0v) is 21.7. The molecule has 0 aliphatic carbocycles. The lowest BCUT2D eigenvalue weighted by atomic mass is 9.94. The van der Waals surface area contributed by atoms with E-state index in [1.54, 1.807) is 33.9 Å². The molecule has 1 aliphatic heterocycles. The third kappa shape index (κ3) is 6.36. The van der Waals surface area contributed by atoms with Crippen LogP contribution in [0.4, 0.5) is 5.69 Å². The van der Waals surface area contributed by atoms with Gasteiger partial charge in [0.2, 0.25) is 5.91 Å². The number of carbonyl (C=O) groups is 3. The first kappa shape index (κ1) is 26.6. The van der Waals surface area contributed by atoms with Gasteiger partial charge in [0, 0.05) is 4.90 Å². The molecule has 1 atom stereocenters. The van der Waals surface area contributed by atoms with E-state index in [4.69, 9.17) is 9.47 Å². The number of aryl methyl sites for hydroxylation is 1. The summed E-state index contributed by atoms with van der Waals surface area (Å²) in [4.78, 5) is 40.3. The zero-order chi connectivity index (χ0) is 25.8. The van der Waals surface area contributed by atoms with Gasteiger partial charge in [0.15, 0.2) is 0 Å². The number of rotatable bonds is 9. The van der Waals surface area contributed by atoms with E-state index in [9.17, 15) is 19.5 Å². The van der Waals surface area contributed by atoms with Gasteiger partial charge in [0.25, 0.3) is 0 Å². The van der Waals surface area contributed by atoms with Gasteiger partial charge in [-0.25, -0.2) is 4.79 Å². The number of anilines is 1. The minimum Gasteiger partial charge on any atom is -0.497 e. The Morgan fingerprint density at radius 2 is 1.80 bits per heavy atom. The van der Waals surface area contributed by atoms with Crippen LogP contribution in [0.5, 0.6) is 5.75 Å². The molecule has 2 aromatic carbocycles. The SMILES string of the molecule is CC[C@@]1(CCCc2ccc(OC)cc2)Sc2ccc(C(=O)O)cc2N(CC(=O)OC(C)(C)C)C1=O. The van der Waals surface area contributed by atoms with Gasteiger partial charge < -0.3 is 14.6 Å². The molecule has 3 rings (SSSR count). The first-order valence-corrected chi connectivity index (χ1v) is 12.5. The lowest BCUT2D eigenvalue weighted by Crippen LogP contribution is -2.52. The molecule has 1 amide bonds. The molecule has 7 nitrogen and oxygen atoms in total. The van der Waals surface area contributed by atoms with E-state index >= 15 is 0 Å². The van der Waals surface area contributed by atoms with Crippen LogP contribution in [0.15, 0.2) is 47.4 Å². The number of nitrogens with zero attached hydrogens (tertiary/aromatic N) is 1. The summed E-state index contributed by atoms with van der Waals surface area (Å²) in [6, 6.07) is 12.6. The van der Waals surface area contributed by atoms with Crippen LogP contribution >= 0.6 is 11.8 Å². The van der Waals surface area contributed by atoms with Crippen molar-refractivity contribution in [1.29, 1.82) is 0 Å². The Morgan fingerprint density at radius 1 is 1.11 bits per heavy atom. The molecular formula is C27H33NO6S. The van der Waals surface area contributed by atoms with Crippen LogP contribution in [0.1, 0.15) is 62.9 Å². The van der Waals surface area contributed by atoms with Crippen LogP contribution in [-0.4, -0.2) is 47.0 Å². The lowest BCUT2D eigenvalue weighted by molar-refractivity contribution is -0.153. The number of methoxy groups -OCH3 is 1. The van der Waals surface area contributed by atoms with Crippen molar-refractivity contribution in [2.24, 2.45) is 0 Å². The number of amides is 1. The average Bonchev–Trinajstić information content (AvgIpc) is 2.80. The Labute approximate surface area is 210 Å². The zero-order valence-electron chi connectivity index (χ0n) is 20.9. The molecular weight excluding hydrogens is 466 g/mol. The third-order valence-electron chi connectivity index (χ3n) is 5.92. The Kier molecular flexibility index (Phi) is 8.15. The summed E-state index contributed by atoms with van der Waals surface area (Å²) in [6.45, 7) is 7.01. The van der Waals surface area contributed by atoms with E-state index in [0.717, 1.165) is 29.1 Å². The predicted molar refractivity (Wildman–Crippen MR) is 136 cm³/mol. The number of esters is 1. The molecule has 1 N–H and O–H groups in total. The molecule has 1 aliphatic rings. The topological polar surface area (TPSA) is 93.1 Å². The highest BCUT2D eigenvalue weighted by Crippen LogP contribution is 2.49. The molecule has 0 saturated carbocycles. The van der Waals surface area contributed by atoms with Gasteiger partial charge in [-0.15, -0.1) is 11.8 Å². The van der Waals surface area contributed by atoms with E-state index < -0.39 is 22.3 Å². The number of fused-ring (bicyclic) bond motifs is 1. The summed E-state index contributed by atoms with van der Waals surface area (Å²) in [5, 5.41) is 9.47. The first-order chi connectivity index (χ1) is 16.5. The molecule has 0 unspecified atom stereocenters. The minimum atomic E-state index is -1.09. The quantitative estimate of drug-likeness (QED) is 0.465. The third-order valence-corrected chi connectivity index (χ3v) is 7.54. The van der Waals surface area contributed by atoms with Gasteiger partial charge in [-0.2, -0.15) is 0 Å². The molecule has 0 saturated heterocycles. The van der Waals surface area contributed by atoms with Crippen LogP contribution in [0, 0.1) is 0 Å². The Bertz CT molecular complexity index is 1090. The largest absolute Gasteiger partial charge is 0.497 e. The predicted octanol–water partition coefficient (Wildman–Crippen LogP) is 5.35. The van der Waals surface area contributed by atoms with E-state index in [1.807, 2.05) is 31.2 Å². The van der Waals surface area contributed by atoms with Gasteiger partial charge >= 0.3 is 11.9 Å². The maximum Gasteiger partial charge on any atom is 0.335 e. The second-order valence-electron chi connectivity index (χ2n) is 9.62. The number of carbonyl (C=O) groups excluding carboxylic acids is 2. The standard InChI is InChI=1S/C27H33NO6S/c1-6-27(15-7-8-18-9-12-20(33-5)13-10-18)25(32)28(17-23(29)34-26(2,3)4)21-16-19(24(30)31)11-14-22(21)35-27/h9-14,16H,6-8,15,17H2,1-5H3,(H,30,31)/t27-/m0/s1. The number of thioether (sulfide) groups is 1. The van der Waals surface area contributed by atoms with E-state index in [-0.39, 0.29) is 18.0 Å². The Morgan fingerprint density at radius 3 is 2.37 bits per heavy atom. The van der Waals surface area contributed by atoms with Crippen LogP contribution in [0.25, 0.3) is 0 Å². The minimum absolute atomic E-state index is 0.0647. The number of aromatic carboxylic acids is 1. The van der Waals surface area contributed by atoms with Crippen LogP contribution < -0.4 is 9.64 Å². The highest BCUT2D eigenvalue weighted by molar-refractivity contribution is 8.01. The van der Waals surface area contributed by atoms with Gasteiger partial charge in [-0.1, -0.05) is 19.1 Å². The smallest absolute Gasteiger partial charge is 0.335 e. The van der Waals surface area contributed by atoms with Crippen LogP contribution in [-0.2, 0) is 20.7 Å². The molecule has 1 heterocycles. The van der Waals surface area contributed by atoms with Crippen LogP contribution in [0.3, 0.4) is 0 Å². The molecule has 8 heteroatoms. The highest BCUT2D eigenvalue weighted by Gasteiger charge is 2.46. The molecule has 0 aromatic heterocycles. The fourth-order valence-electron chi connectivity index (χ4n) is 4.15. The van der Waals surface area contributed by atoms with Crippen LogP contribution in [0.2, 0.25) is 0 Å². The number of hydrogen-bond acceptors (Lipinski definition) is 6. The normalized spacial score (nSPS) is 17.6. The number of ether oxygens (including phenoxy) is 2. The molecule has 0 bridgehead atoms. The number of hydrogen-bond donors (Lipinski definition) is 1. The fraction of sp³-hybridized carbons (Fsp3) is 0.444. The summed E-state index contributed by atoms with van der Waals surface area (Å²) in [5.41, 5.74) is 0.957. The summed E-state index contributed by atoms with van der Waals surface area (Å²) in [6.07, 6.45) is 2.77. The van der Waals surface area contributed by atoms with E-state index in [1.165, 1.54) is 28.8 Å². The monoisotopic (exact) mass is 499 g/mol. The van der Waals surface area contributed by atoms with Gasteiger partial charge in [-0.05, 0) is 82.3 Å². The highest BCUT2D eigenvalue weighted by atomic mass is 32.2. The number of benzene rings is 2. The Balaban J connectivity index is 1.88. The summed E-state index contributed by atoms with van der Waals surface area (Å²) >= 11 is 1.46. The van der Waals surface area contributed by atoms with Gasteiger partial charge in [0.1, 0.15) is 17.9 Å². The van der Waals surface area contributed by atoms with Crippen molar-refractivity contribution in [3.05, 3.63) is 53.6 Å². The molecule has 0 fully saturated rings. The Hall–Kier alpha value is -3.00. The number of carboxylic acids is 1. The second-order valence-corrected chi connectivity index (χ2v) is 11.0. The molecule has 0 spiro atoms. The van der Waals surface area contributed by atoms with Gasteiger partial charge in [-0.3, -0.25) is 14.5 Å². The summed E-state index contributed by atoms with van der Waals surface area (Å²) < 4.78 is 9.94. The molecule has 35 heavy (non-hydrogen) atoms. The second kappa shape index (κ2) is 10.7. The van der Waals surface area contributed by atoms with Crippen molar-refractivity contribution in [1.82, 2.24) is 0 Å². The van der Waals surface area contributed by atoms with E-state index in [0.29, 0.717) is 18.5 Å². The molecule has 2 aromatic rings. The maximum atomic E-state index is 13.9.